The molecule has 1 fully saturated rings. The fraction of sp³-hybridized carbons (Fsp3) is 0.391. The van der Waals surface area contributed by atoms with E-state index in [0.29, 0.717) is 17.3 Å². The summed E-state index contributed by atoms with van der Waals surface area (Å²) in [5.74, 6) is 0.0382. The first-order valence-electron chi connectivity index (χ1n) is 10.4. The Hall–Kier alpha value is -2.14. The molecule has 0 radical (unpaired) electrons. The molecule has 3 aromatic rings. The van der Waals surface area contributed by atoms with Gasteiger partial charge in [0.25, 0.3) is 0 Å². The average Bonchev–Trinajstić information content (AvgIpc) is 3.14. The van der Waals surface area contributed by atoms with Gasteiger partial charge in [0.05, 0.1) is 18.7 Å². The molecule has 172 valence electrons. The second-order valence-corrected chi connectivity index (χ2v) is 8.80. The van der Waals surface area contributed by atoms with Gasteiger partial charge in [0.15, 0.2) is 6.23 Å². The van der Waals surface area contributed by atoms with E-state index in [9.17, 15) is 24.8 Å². The first-order valence-corrected chi connectivity index (χ1v) is 11.2. The third kappa shape index (κ3) is 4.12. The Balaban J connectivity index is 1.76. The van der Waals surface area contributed by atoms with Crippen LogP contribution >= 0.6 is 11.8 Å². The molecule has 9 heteroatoms. The molecule has 1 aliphatic heterocycles. The van der Waals surface area contributed by atoms with E-state index in [-0.39, 0.29) is 0 Å². The fourth-order valence-electron chi connectivity index (χ4n) is 3.99. The highest BCUT2D eigenvalue weighted by Gasteiger charge is 2.44. The quantitative estimate of drug-likeness (QED) is 0.446. The number of benzene rings is 2. The zero-order valence-corrected chi connectivity index (χ0v) is 18.5. The Morgan fingerprint density at radius 1 is 1.09 bits per heavy atom. The third-order valence-corrected chi connectivity index (χ3v) is 6.69. The predicted octanol–water partition coefficient (Wildman–Crippen LogP) is 2.61. The summed E-state index contributed by atoms with van der Waals surface area (Å²) in [5, 5.41) is 41.4. The molecule has 0 amide bonds. The van der Waals surface area contributed by atoms with Crippen LogP contribution in [0.4, 0.5) is 4.39 Å². The van der Waals surface area contributed by atoms with Crippen LogP contribution in [-0.4, -0.2) is 62.6 Å². The van der Waals surface area contributed by atoms with E-state index in [1.54, 1.807) is 22.9 Å². The molecule has 32 heavy (non-hydrogen) atoms. The normalized spacial score (nSPS) is 25.9. The number of hydrogen-bond acceptors (Lipinski definition) is 7. The topological polar surface area (TPSA) is 104 Å². The molecule has 2 heterocycles. The number of aryl methyl sites for hydroxylation is 1. The van der Waals surface area contributed by atoms with Crippen molar-refractivity contribution < 1.29 is 34.3 Å². The minimum absolute atomic E-state index is 0.405. The van der Waals surface area contributed by atoms with Crippen molar-refractivity contribution in [2.45, 2.75) is 54.3 Å². The summed E-state index contributed by atoms with van der Waals surface area (Å²) in [5.41, 5.74) is 1.63. The van der Waals surface area contributed by atoms with Crippen molar-refractivity contribution in [3.63, 3.8) is 0 Å². The molecular formula is C23H26FNO6S. The number of rotatable bonds is 6. The molecule has 1 saturated heterocycles. The summed E-state index contributed by atoms with van der Waals surface area (Å²) in [6, 6.07) is 10.4. The van der Waals surface area contributed by atoms with E-state index in [1.807, 2.05) is 32.0 Å². The molecule has 2 aromatic carbocycles. The van der Waals surface area contributed by atoms with Gasteiger partial charge in [0.2, 0.25) is 0 Å². The van der Waals surface area contributed by atoms with Crippen LogP contribution in [0.2, 0.25) is 0 Å². The summed E-state index contributed by atoms with van der Waals surface area (Å²) in [6.07, 6.45) is -4.71. The second-order valence-electron chi connectivity index (χ2n) is 7.72. The van der Waals surface area contributed by atoms with Crippen LogP contribution in [0.1, 0.15) is 18.7 Å². The van der Waals surface area contributed by atoms with Crippen molar-refractivity contribution in [1.29, 1.82) is 0 Å². The number of ether oxygens (including phenoxy) is 2. The van der Waals surface area contributed by atoms with Crippen LogP contribution < -0.4 is 4.74 Å². The number of aliphatic hydroxyl groups excluding tert-OH is 4. The Kier molecular flexibility index (Phi) is 6.75. The highest BCUT2D eigenvalue weighted by molar-refractivity contribution is 7.99. The van der Waals surface area contributed by atoms with Gasteiger partial charge in [-0.25, -0.2) is 4.39 Å². The van der Waals surface area contributed by atoms with Gasteiger partial charge in [-0.15, -0.1) is 0 Å². The molecule has 0 bridgehead atoms. The van der Waals surface area contributed by atoms with Gasteiger partial charge in [-0.05, 0) is 31.5 Å². The van der Waals surface area contributed by atoms with E-state index < -0.39 is 43.1 Å². The van der Waals surface area contributed by atoms with Crippen molar-refractivity contribution >= 4 is 22.7 Å². The zero-order valence-electron chi connectivity index (χ0n) is 17.7. The van der Waals surface area contributed by atoms with Gasteiger partial charge in [-0.1, -0.05) is 30.0 Å². The molecule has 5 atom stereocenters. The van der Waals surface area contributed by atoms with E-state index in [2.05, 4.69) is 0 Å². The number of fused-ring (bicyclic) bond motifs is 1. The van der Waals surface area contributed by atoms with Crippen LogP contribution in [0.5, 0.6) is 5.75 Å². The highest BCUT2D eigenvalue weighted by Crippen LogP contribution is 2.41. The molecule has 0 saturated carbocycles. The first kappa shape index (κ1) is 23.0. The molecular weight excluding hydrogens is 437 g/mol. The summed E-state index contributed by atoms with van der Waals surface area (Å²) < 4.78 is 27.5. The van der Waals surface area contributed by atoms with Crippen LogP contribution in [0.15, 0.2) is 52.4 Å². The van der Waals surface area contributed by atoms with E-state index in [1.165, 1.54) is 17.8 Å². The Labute approximate surface area is 189 Å². The second kappa shape index (κ2) is 9.38. The van der Waals surface area contributed by atoms with E-state index in [4.69, 9.17) is 9.47 Å². The summed E-state index contributed by atoms with van der Waals surface area (Å²) in [4.78, 5) is 1.13. The minimum atomic E-state index is -1.49. The van der Waals surface area contributed by atoms with Crippen molar-refractivity contribution in [1.82, 2.24) is 4.57 Å². The van der Waals surface area contributed by atoms with Gasteiger partial charge >= 0.3 is 0 Å². The number of hydrogen-bond donors (Lipinski definition) is 4. The smallest absolute Gasteiger partial charge is 0.163 e. The molecule has 7 nitrogen and oxygen atoms in total. The predicted molar refractivity (Wildman–Crippen MR) is 117 cm³/mol. The minimum Gasteiger partial charge on any atom is -0.494 e. The maximum absolute atomic E-state index is 14.7. The monoisotopic (exact) mass is 463 g/mol. The summed E-state index contributed by atoms with van der Waals surface area (Å²) >= 11 is 1.22. The van der Waals surface area contributed by atoms with Crippen LogP contribution in [0, 0.1) is 12.7 Å². The average molecular weight is 464 g/mol. The molecule has 4 N–H and O–H groups in total. The lowest BCUT2D eigenvalue weighted by Gasteiger charge is -2.40. The molecule has 1 aromatic heterocycles. The maximum Gasteiger partial charge on any atom is 0.163 e. The Bertz CT molecular complexity index is 1100. The number of aromatic nitrogens is 1. The molecule has 0 spiro atoms. The largest absolute Gasteiger partial charge is 0.494 e. The molecule has 0 aliphatic carbocycles. The Morgan fingerprint density at radius 2 is 1.88 bits per heavy atom. The van der Waals surface area contributed by atoms with Crippen LogP contribution in [-0.2, 0) is 4.74 Å². The van der Waals surface area contributed by atoms with Gasteiger partial charge < -0.3 is 34.5 Å². The van der Waals surface area contributed by atoms with Gasteiger partial charge in [-0.2, -0.15) is 0 Å². The van der Waals surface area contributed by atoms with E-state index >= 15 is 0 Å². The molecule has 0 unspecified atom stereocenters. The number of nitrogens with zero attached hydrogens (tertiary/aromatic N) is 1. The van der Waals surface area contributed by atoms with Crippen molar-refractivity contribution in [2.24, 2.45) is 0 Å². The molecule has 4 rings (SSSR count). The SMILES string of the molecule is CCOc1ccc(Sc2cn([C@@H]3O[C@H](CO)[C@@H](O)[C@H](O)[C@H]3O)c3c(C)cccc23)c(F)c1. The summed E-state index contributed by atoms with van der Waals surface area (Å²) in [6.45, 7) is 3.65. The van der Waals surface area contributed by atoms with E-state index in [0.717, 1.165) is 21.4 Å². The fourth-order valence-corrected chi connectivity index (χ4v) is 4.96. The van der Waals surface area contributed by atoms with Gasteiger partial charge in [-0.3, -0.25) is 0 Å². The van der Waals surface area contributed by atoms with Gasteiger partial charge in [0, 0.05) is 27.4 Å². The van der Waals surface area contributed by atoms with Crippen molar-refractivity contribution in [3.05, 3.63) is 54.0 Å². The molecule has 1 aliphatic rings. The van der Waals surface area contributed by atoms with Crippen molar-refractivity contribution in [3.8, 4) is 5.75 Å². The third-order valence-electron chi connectivity index (χ3n) is 5.59. The van der Waals surface area contributed by atoms with Crippen LogP contribution in [0.3, 0.4) is 0 Å². The number of para-hydroxylation sites is 1. The lowest BCUT2D eigenvalue weighted by atomic mass is 9.98. The lowest BCUT2D eigenvalue weighted by Crippen LogP contribution is -2.56. The Morgan fingerprint density at radius 3 is 2.56 bits per heavy atom. The standard InChI is InChI=1S/C23H26FNO6S/c1-3-30-13-7-8-17(15(24)9-13)32-18-10-25(19-12(2)5-4-6-14(18)19)23-22(29)21(28)20(27)16(11-26)31-23/h4-10,16,20-23,26-29H,3,11H2,1-2H3/t16-,20-,21+,22-,23-/m1/s1. The summed E-state index contributed by atoms with van der Waals surface area (Å²) in [7, 11) is 0. The number of halogens is 1. The first-order chi connectivity index (χ1) is 15.3. The number of aliphatic hydroxyl groups is 4. The van der Waals surface area contributed by atoms with Crippen LogP contribution in [0.25, 0.3) is 10.9 Å². The maximum atomic E-state index is 14.7. The van der Waals surface area contributed by atoms with Gasteiger partial charge in [0.1, 0.15) is 36.0 Å². The van der Waals surface area contributed by atoms with Crippen molar-refractivity contribution in [2.75, 3.05) is 13.2 Å². The highest BCUT2D eigenvalue weighted by atomic mass is 32.2. The lowest BCUT2D eigenvalue weighted by molar-refractivity contribution is -0.250. The zero-order chi connectivity index (χ0) is 23.0.